The normalized spacial score (nSPS) is 4.40. The Morgan fingerprint density at radius 2 is 1.60 bits per heavy atom. The summed E-state index contributed by atoms with van der Waals surface area (Å²) in [6.45, 7) is 6.00. The molecule has 0 aliphatic carbocycles. The summed E-state index contributed by atoms with van der Waals surface area (Å²) < 4.78 is 0. The van der Waals surface area contributed by atoms with Crippen LogP contribution >= 0.6 is 0 Å². The maximum atomic E-state index is 8.43. The third-order valence-corrected chi connectivity index (χ3v) is 0. The molecular formula is C3H7O2. The second kappa shape index (κ2) is 59.5. The number of hydrogen-bond donors (Lipinski definition) is 0. The molecule has 0 aromatic heterocycles. The molecule has 0 saturated heterocycles. The largest absolute Gasteiger partial charge is 0.207 e. The lowest BCUT2D eigenvalue weighted by Gasteiger charge is -1.51. The highest BCUT2D eigenvalue weighted by atomic mass is 17.1. The molecule has 0 amide bonds. The van der Waals surface area contributed by atoms with Gasteiger partial charge in [0.25, 0.3) is 0 Å². The molecule has 0 atom stereocenters. The maximum Gasteiger partial charge on any atom is 0.0745 e. The topological polar surface area (TPSA) is 29.1 Å². The fourth-order valence-electron chi connectivity index (χ4n) is 0. The Balaban J connectivity index is 0. The van der Waals surface area contributed by atoms with Crippen molar-refractivity contribution in [2.45, 2.75) is 0 Å². The van der Waals surface area contributed by atoms with Gasteiger partial charge in [-0.3, -0.25) is 0 Å². The van der Waals surface area contributed by atoms with E-state index in [1.807, 2.05) is 0 Å². The lowest BCUT2D eigenvalue weighted by Crippen LogP contribution is -1.53. The van der Waals surface area contributed by atoms with E-state index in [4.69, 9.17) is 5.26 Å². The minimum absolute atomic E-state index is 1.07. The van der Waals surface area contributed by atoms with Crippen LogP contribution in [0.5, 0.6) is 0 Å². The standard InChI is InChI=1S/C2H4.CH3O2/c1-2;1-3-2/h1-2H2;1H3. The molecule has 0 aromatic rings. The van der Waals surface area contributed by atoms with Gasteiger partial charge >= 0.3 is 0 Å². The summed E-state index contributed by atoms with van der Waals surface area (Å²) in [5, 5.41) is 8.43. The molecule has 1 radical (unpaired) electrons. The van der Waals surface area contributed by atoms with Gasteiger partial charge in [0.15, 0.2) is 0 Å². The van der Waals surface area contributed by atoms with Crippen LogP contribution in [0.1, 0.15) is 0 Å². The first-order valence-electron chi connectivity index (χ1n) is 1.07. The van der Waals surface area contributed by atoms with Crippen molar-refractivity contribution in [3.05, 3.63) is 13.2 Å². The third kappa shape index (κ3) is 87.2. The van der Waals surface area contributed by atoms with E-state index in [1.165, 1.54) is 0 Å². The summed E-state index contributed by atoms with van der Waals surface area (Å²) in [4.78, 5) is 3.00. The summed E-state index contributed by atoms with van der Waals surface area (Å²) >= 11 is 0. The van der Waals surface area contributed by atoms with Gasteiger partial charge in [-0.25, -0.2) is 4.89 Å². The van der Waals surface area contributed by atoms with E-state index >= 15 is 0 Å². The van der Waals surface area contributed by atoms with E-state index in [-0.39, 0.29) is 0 Å². The average Bonchev–Trinajstić information content (AvgIpc) is 1.46. The Morgan fingerprint density at radius 3 is 1.60 bits per heavy atom. The van der Waals surface area contributed by atoms with Gasteiger partial charge in [0.2, 0.25) is 0 Å². The van der Waals surface area contributed by atoms with Gasteiger partial charge in [-0.05, 0) is 5.26 Å². The molecule has 0 aliphatic heterocycles. The van der Waals surface area contributed by atoms with E-state index < -0.39 is 0 Å². The van der Waals surface area contributed by atoms with Crippen molar-refractivity contribution in [3.63, 3.8) is 0 Å². The van der Waals surface area contributed by atoms with Gasteiger partial charge in [-0.15, -0.1) is 13.2 Å². The monoisotopic (exact) mass is 75.0 g/mol. The van der Waals surface area contributed by atoms with Crippen molar-refractivity contribution in [3.8, 4) is 0 Å². The Hall–Kier alpha value is -0.340. The van der Waals surface area contributed by atoms with Crippen molar-refractivity contribution in [1.29, 1.82) is 0 Å². The Bertz CT molecular complexity index is 8.85. The molecule has 31 valence electrons. The highest BCUT2D eigenvalue weighted by molar-refractivity contribution is 4.22. The maximum absolute atomic E-state index is 8.43. The summed E-state index contributed by atoms with van der Waals surface area (Å²) in [7, 11) is 1.07. The van der Waals surface area contributed by atoms with Crippen molar-refractivity contribution in [2.24, 2.45) is 0 Å². The van der Waals surface area contributed by atoms with E-state index in [0.29, 0.717) is 0 Å². The first kappa shape index (κ1) is 8.82. The fourth-order valence-corrected chi connectivity index (χ4v) is 0. The van der Waals surface area contributed by atoms with Gasteiger partial charge < -0.3 is 0 Å². The molecule has 2 nitrogen and oxygen atoms in total. The predicted molar refractivity (Wildman–Crippen MR) is 18.9 cm³/mol. The molecule has 0 bridgehead atoms. The van der Waals surface area contributed by atoms with E-state index in [9.17, 15) is 0 Å². The smallest absolute Gasteiger partial charge is 0.0745 e. The average molecular weight is 75.1 g/mol. The minimum atomic E-state index is 1.07. The van der Waals surface area contributed by atoms with Crippen LogP contribution in [0, 0.1) is 0 Å². The van der Waals surface area contributed by atoms with Gasteiger partial charge in [-0.2, -0.15) is 0 Å². The lowest BCUT2D eigenvalue weighted by atomic mass is 11.3. The molecule has 2 heteroatoms. The predicted octanol–water partition coefficient (Wildman–Crippen LogP) is 0.780. The molecule has 0 saturated carbocycles. The molecule has 0 aliphatic rings. The van der Waals surface area contributed by atoms with Gasteiger partial charge in [0, 0.05) is 0 Å². The SMILES string of the molecule is C=C.CO[O]. The molecule has 0 fully saturated rings. The Morgan fingerprint density at radius 1 is 1.60 bits per heavy atom. The summed E-state index contributed by atoms with van der Waals surface area (Å²) in [5.74, 6) is 0. The highest BCUT2D eigenvalue weighted by Crippen LogP contribution is 1.30. The molecular weight excluding hydrogens is 68.0 g/mol. The third-order valence-electron chi connectivity index (χ3n) is 0. The second-order valence-corrected chi connectivity index (χ2v) is 0.167. The second-order valence-electron chi connectivity index (χ2n) is 0.167. The molecule has 0 aromatic carbocycles. The van der Waals surface area contributed by atoms with Crippen LogP contribution in [0.15, 0.2) is 13.2 Å². The van der Waals surface area contributed by atoms with Crippen LogP contribution in [0.4, 0.5) is 0 Å². The van der Waals surface area contributed by atoms with Gasteiger partial charge in [-0.1, -0.05) is 0 Å². The van der Waals surface area contributed by atoms with Gasteiger partial charge in [0.05, 0.1) is 7.11 Å². The van der Waals surface area contributed by atoms with Crippen LogP contribution in [-0.4, -0.2) is 7.11 Å². The van der Waals surface area contributed by atoms with E-state index in [0.717, 1.165) is 7.11 Å². The van der Waals surface area contributed by atoms with Crippen molar-refractivity contribution >= 4 is 0 Å². The zero-order valence-corrected chi connectivity index (χ0v) is 3.23. The van der Waals surface area contributed by atoms with Crippen molar-refractivity contribution in [1.82, 2.24) is 0 Å². The van der Waals surface area contributed by atoms with Crippen LogP contribution in [0.2, 0.25) is 0 Å². The van der Waals surface area contributed by atoms with Gasteiger partial charge in [0.1, 0.15) is 0 Å². The number of hydrogen-bond acceptors (Lipinski definition) is 1. The van der Waals surface area contributed by atoms with Crippen molar-refractivity contribution < 1.29 is 10.1 Å². The molecule has 0 rings (SSSR count). The quantitative estimate of drug-likeness (QED) is 0.237. The van der Waals surface area contributed by atoms with Crippen LogP contribution < -0.4 is 0 Å². The van der Waals surface area contributed by atoms with Crippen LogP contribution in [0.3, 0.4) is 0 Å². The zero-order chi connectivity index (χ0) is 4.71. The molecule has 0 spiro atoms. The highest BCUT2D eigenvalue weighted by Gasteiger charge is 1.33. The van der Waals surface area contributed by atoms with Crippen LogP contribution in [0.25, 0.3) is 0 Å². The molecule has 0 N–H and O–H groups in total. The fraction of sp³-hybridized carbons (Fsp3) is 0.333. The van der Waals surface area contributed by atoms with Crippen LogP contribution in [-0.2, 0) is 10.1 Å². The minimum Gasteiger partial charge on any atom is -0.207 e. The first-order valence-corrected chi connectivity index (χ1v) is 1.07. The van der Waals surface area contributed by atoms with E-state index in [1.54, 1.807) is 0 Å². The summed E-state index contributed by atoms with van der Waals surface area (Å²) in [6.07, 6.45) is 0. The molecule has 5 heavy (non-hydrogen) atoms. The summed E-state index contributed by atoms with van der Waals surface area (Å²) in [6, 6.07) is 0. The lowest BCUT2D eigenvalue weighted by molar-refractivity contribution is -0.279. The zero-order valence-electron chi connectivity index (χ0n) is 3.23. The molecule has 0 unspecified atom stereocenters. The Kier molecular flexibility index (Phi) is 105. The Labute approximate surface area is 31.6 Å². The molecule has 0 heterocycles. The van der Waals surface area contributed by atoms with E-state index in [2.05, 4.69) is 18.0 Å². The first-order chi connectivity index (χ1) is 2.41. The number of rotatable bonds is 0. The van der Waals surface area contributed by atoms with Crippen molar-refractivity contribution in [2.75, 3.05) is 7.11 Å². The summed E-state index contributed by atoms with van der Waals surface area (Å²) in [5.41, 5.74) is 0.